The Morgan fingerprint density at radius 1 is 0.333 bits per heavy atom. The Kier molecular flexibility index (Phi) is 3900. The van der Waals surface area contributed by atoms with Crippen LogP contribution in [0, 0.1) is 0 Å². The van der Waals surface area contributed by atoms with Crippen molar-refractivity contribution >= 4 is 99.5 Å². The molecule has 0 rings (SSSR count). The Balaban J connectivity index is 0. The summed E-state index contributed by atoms with van der Waals surface area (Å²) in [5.74, 6) is 0. The fraction of sp³-hybridized carbons (Fsp3) is 0. The molecule has 0 saturated carbocycles. The van der Waals surface area contributed by atoms with E-state index >= 15 is 0 Å². The predicted octanol–water partition coefficient (Wildman–Crippen LogP) is -9.98. The Hall–Kier alpha value is 3.80. The minimum atomic E-state index is 0. The Bertz CT molecular complexity index is 19.4. The van der Waals surface area contributed by atoms with Gasteiger partial charge in [0.2, 0.25) is 0 Å². The molecule has 12 heavy (non-hydrogen) atoms. The SMILES string of the molecule is O.O.O.O.O.O.O.[Ag].[InH3].[InH3].[SnH2].[SnH2]. The van der Waals surface area contributed by atoms with Crippen molar-refractivity contribution in [1.82, 2.24) is 0 Å². The third-order valence-electron chi connectivity index (χ3n) is 0. The third-order valence-corrected chi connectivity index (χ3v) is 0. The molecule has 0 aromatic heterocycles. The van der Waals surface area contributed by atoms with Crippen LogP contribution in [-0.4, -0.2) is 138 Å². The van der Waals surface area contributed by atoms with Crippen molar-refractivity contribution < 1.29 is 60.7 Å². The van der Waals surface area contributed by atoms with E-state index in [4.69, 9.17) is 0 Å². The molecule has 0 unspecified atom stereocenters. The molecular weight excluding hydrogens is 687 g/mol. The van der Waals surface area contributed by atoms with E-state index in [0.717, 1.165) is 0 Å². The summed E-state index contributed by atoms with van der Waals surface area (Å²) in [4.78, 5) is 0. The van der Waals surface area contributed by atoms with Gasteiger partial charge in [0.1, 0.15) is 0 Å². The van der Waals surface area contributed by atoms with E-state index in [1.807, 2.05) is 0 Å². The summed E-state index contributed by atoms with van der Waals surface area (Å²) in [6.07, 6.45) is 0. The Morgan fingerprint density at radius 3 is 0.333 bits per heavy atom. The molecule has 0 spiro atoms. The van der Waals surface area contributed by atoms with Gasteiger partial charge in [0.05, 0.1) is 0 Å². The molecule has 0 amide bonds. The average molecular weight is 711 g/mol. The second-order valence-electron chi connectivity index (χ2n) is 0. The molecule has 0 heterocycles. The zero-order valence-corrected chi connectivity index (χ0v) is 14.8. The van der Waals surface area contributed by atoms with Crippen LogP contribution in [0.5, 0.6) is 0 Å². The van der Waals surface area contributed by atoms with Gasteiger partial charge in [0.25, 0.3) is 0 Å². The van der Waals surface area contributed by atoms with Crippen molar-refractivity contribution in [2.45, 2.75) is 0 Å². The standard InChI is InChI=1S/Ag.2In.7H2O.2Sn.10H/h;;;7*1H2;;;;;;;;;;;;. The van der Waals surface area contributed by atoms with E-state index < -0.39 is 0 Å². The topological polar surface area (TPSA) is 220 Å². The summed E-state index contributed by atoms with van der Waals surface area (Å²) in [6.45, 7) is 0. The van der Waals surface area contributed by atoms with E-state index in [1.165, 1.54) is 0 Å². The normalized spacial score (nSPS) is 0. The zero-order valence-electron chi connectivity index (χ0n) is 5.22. The number of hydrogen-bond donors (Lipinski definition) is 0. The summed E-state index contributed by atoms with van der Waals surface area (Å²) in [5, 5.41) is 0. The first kappa shape index (κ1) is 240. The van der Waals surface area contributed by atoms with Crippen molar-refractivity contribution in [1.29, 1.82) is 0 Å². The number of hydrogen-bond acceptors (Lipinski definition) is 0. The van der Waals surface area contributed by atoms with Crippen LogP contribution in [-0.2, 0) is 22.4 Å². The molecule has 91 valence electrons. The van der Waals surface area contributed by atoms with Gasteiger partial charge in [-0.15, -0.1) is 0 Å². The van der Waals surface area contributed by atoms with Gasteiger partial charge in [-0.2, -0.15) is 0 Å². The molecule has 14 N–H and O–H groups in total. The first-order valence-corrected chi connectivity index (χ1v) is 0. The van der Waals surface area contributed by atoms with Gasteiger partial charge < -0.3 is 38.3 Å². The zero-order chi connectivity index (χ0) is 0. The molecule has 0 bridgehead atoms. The van der Waals surface area contributed by atoms with Gasteiger partial charge in [0.15, 0.2) is 0 Å². The third kappa shape index (κ3) is 157. The molecule has 0 aromatic rings. The van der Waals surface area contributed by atoms with Gasteiger partial charge in [0, 0.05) is 22.4 Å². The van der Waals surface area contributed by atoms with Crippen LogP contribution < -0.4 is 0 Å². The fourth-order valence-electron chi connectivity index (χ4n) is 0. The van der Waals surface area contributed by atoms with Crippen molar-refractivity contribution in [3.8, 4) is 0 Å². The first-order valence-electron chi connectivity index (χ1n) is 0. The maximum absolute atomic E-state index is 0. The van der Waals surface area contributed by atoms with Crippen LogP contribution >= 0.6 is 0 Å². The number of rotatable bonds is 0. The molecule has 0 aliphatic carbocycles. The van der Waals surface area contributed by atoms with Gasteiger partial charge in [-0.25, -0.2) is 0 Å². The van der Waals surface area contributed by atoms with Gasteiger partial charge >= 0.3 is 99.5 Å². The second kappa shape index (κ2) is 195. The van der Waals surface area contributed by atoms with Crippen LogP contribution in [0.15, 0.2) is 0 Å². The van der Waals surface area contributed by atoms with Crippen molar-refractivity contribution in [2.75, 3.05) is 0 Å². The van der Waals surface area contributed by atoms with Gasteiger partial charge in [-0.1, -0.05) is 0 Å². The van der Waals surface area contributed by atoms with Crippen LogP contribution in [0.1, 0.15) is 0 Å². The molecule has 0 atom stereocenters. The Labute approximate surface area is 157 Å². The van der Waals surface area contributed by atoms with Gasteiger partial charge in [-0.05, 0) is 0 Å². The monoisotopic (exact) mass is 713 g/mol. The molecule has 0 aliphatic heterocycles. The molecule has 12 heteroatoms. The summed E-state index contributed by atoms with van der Waals surface area (Å²) in [6, 6.07) is 0. The average Bonchev–Trinajstić information content (AvgIpc) is 0. The van der Waals surface area contributed by atoms with Crippen LogP contribution in [0.3, 0.4) is 0 Å². The fourth-order valence-corrected chi connectivity index (χ4v) is 0. The second-order valence-corrected chi connectivity index (χ2v) is 0. The van der Waals surface area contributed by atoms with E-state index in [0.29, 0.717) is 0 Å². The maximum atomic E-state index is 0. The van der Waals surface area contributed by atoms with Crippen molar-refractivity contribution in [3.63, 3.8) is 0 Å². The van der Waals surface area contributed by atoms with Crippen LogP contribution in [0.25, 0.3) is 0 Å². The van der Waals surface area contributed by atoms with Crippen molar-refractivity contribution in [3.05, 3.63) is 0 Å². The van der Waals surface area contributed by atoms with Gasteiger partial charge in [-0.3, -0.25) is 0 Å². The van der Waals surface area contributed by atoms with E-state index in [2.05, 4.69) is 0 Å². The summed E-state index contributed by atoms with van der Waals surface area (Å²) >= 11 is 0. The van der Waals surface area contributed by atoms with Crippen LogP contribution in [0.4, 0.5) is 0 Å². The summed E-state index contributed by atoms with van der Waals surface area (Å²) in [5.41, 5.74) is 0. The van der Waals surface area contributed by atoms with Crippen molar-refractivity contribution in [2.24, 2.45) is 0 Å². The minimum absolute atomic E-state index is 0. The molecule has 5 radical (unpaired) electrons. The van der Waals surface area contributed by atoms with Crippen LogP contribution in [0.2, 0.25) is 0 Å². The summed E-state index contributed by atoms with van der Waals surface area (Å²) < 4.78 is 0. The molecule has 7 nitrogen and oxygen atoms in total. The molecule has 0 aliphatic rings. The molecule has 0 fully saturated rings. The predicted molar refractivity (Wildman–Crippen MR) is 62.3 cm³/mol. The van der Waals surface area contributed by atoms with E-state index in [9.17, 15) is 0 Å². The van der Waals surface area contributed by atoms with E-state index in [-0.39, 0.29) is 160 Å². The quantitative estimate of drug-likeness (QED) is 0.214. The van der Waals surface area contributed by atoms with E-state index in [1.54, 1.807) is 0 Å². The summed E-state index contributed by atoms with van der Waals surface area (Å²) in [7, 11) is 0. The first-order chi connectivity index (χ1) is 0. The Morgan fingerprint density at radius 2 is 0.333 bits per heavy atom. The molecule has 0 saturated heterocycles. The molecular formula is H24AgIn2O7Sn2. The molecule has 0 aromatic carbocycles.